The number of carbonyl (C=O) groups excluding carboxylic acids is 1. The summed E-state index contributed by atoms with van der Waals surface area (Å²) in [6.07, 6.45) is 0.391. The molecule has 1 amide bonds. The van der Waals surface area contributed by atoms with Gasteiger partial charge in [0.15, 0.2) is 0 Å². The van der Waals surface area contributed by atoms with Crippen molar-refractivity contribution in [3.8, 4) is 11.4 Å². The number of benzene rings is 2. The number of nitrogens with zero attached hydrogens (tertiary/aromatic N) is 3. The third-order valence-electron chi connectivity index (χ3n) is 4.90. The predicted octanol–water partition coefficient (Wildman–Crippen LogP) is 4.18. The lowest BCUT2D eigenvalue weighted by Gasteiger charge is -2.16. The first kappa shape index (κ1) is 16.5. The number of aryl methyl sites for hydroxylation is 3. The molecule has 26 heavy (non-hydrogen) atoms. The molecule has 132 valence electrons. The number of aromatic nitrogens is 2. The molecule has 0 aliphatic carbocycles. The smallest absolute Gasteiger partial charge is 0.232 e. The van der Waals surface area contributed by atoms with Gasteiger partial charge < -0.3 is 9.42 Å². The Labute approximate surface area is 152 Å². The van der Waals surface area contributed by atoms with Gasteiger partial charge in [-0.05, 0) is 44.5 Å². The maximum absolute atomic E-state index is 12.5. The van der Waals surface area contributed by atoms with Gasteiger partial charge in [0.2, 0.25) is 17.6 Å². The van der Waals surface area contributed by atoms with Crippen LogP contribution in [0.15, 0.2) is 47.0 Å². The van der Waals surface area contributed by atoms with Crippen LogP contribution in [0.4, 0.5) is 5.69 Å². The van der Waals surface area contributed by atoms with Crippen LogP contribution in [0.2, 0.25) is 0 Å². The number of anilines is 1. The molecule has 2 heterocycles. The summed E-state index contributed by atoms with van der Waals surface area (Å²) in [7, 11) is 0. The molecule has 5 heteroatoms. The lowest BCUT2D eigenvalue weighted by Crippen LogP contribution is -2.24. The molecule has 0 N–H and O–H groups in total. The number of carbonyl (C=O) groups is 1. The molecule has 0 saturated carbocycles. The molecule has 3 aromatic rings. The summed E-state index contributed by atoms with van der Waals surface area (Å²) in [6, 6.07) is 14.2. The minimum absolute atomic E-state index is 0.0739. The second-order valence-electron chi connectivity index (χ2n) is 7.02. The van der Waals surface area contributed by atoms with Gasteiger partial charge in [0.25, 0.3) is 0 Å². The lowest BCUT2D eigenvalue weighted by molar-refractivity contribution is -0.117. The van der Waals surface area contributed by atoms with Gasteiger partial charge in [-0.3, -0.25) is 4.79 Å². The van der Waals surface area contributed by atoms with Gasteiger partial charge in [-0.15, -0.1) is 0 Å². The number of hydrogen-bond donors (Lipinski definition) is 0. The average molecular weight is 347 g/mol. The summed E-state index contributed by atoms with van der Waals surface area (Å²) in [5.41, 5.74) is 5.31. The van der Waals surface area contributed by atoms with Gasteiger partial charge in [-0.1, -0.05) is 40.5 Å². The van der Waals surface area contributed by atoms with E-state index >= 15 is 0 Å². The number of hydrogen-bond acceptors (Lipinski definition) is 4. The molecule has 1 atom stereocenters. The maximum atomic E-state index is 12.5. The molecule has 0 radical (unpaired) electrons. The Kier molecular flexibility index (Phi) is 4.07. The van der Waals surface area contributed by atoms with Gasteiger partial charge in [0.05, 0.1) is 5.92 Å². The Hall–Kier alpha value is -2.95. The SMILES string of the molecule is Cc1ccc(N2CC(c3nc(-c4cc(C)ccc4C)no3)CC2=O)cc1. The standard InChI is InChI=1S/C21H21N3O2/c1-13-5-8-17(9-6-13)24-12-16(11-19(24)25)21-22-20(23-26-21)18-10-14(2)4-7-15(18)3/h4-10,16H,11-12H2,1-3H3. The van der Waals surface area contributed by atoms with E-state index < -0.39 is 0 Å². The normalized spacial score (nSPS) is 17.1. The van der Waals surface area contributed by atoms with Crippen molar-refractivity contribution in [3.63, 3.8) is 0 Å². The molecule has 4 rings (SSSR count). The monoisotopic (exact) mass is 347 g/mol. The summed E-state index contributed by atoms with van der Waals surface area (Å²) in [5, 5.41) is 4.15. The van der Waals surface area contributed by atoms with E-state index in [-0.39, 0.29) is 11.8 Å². The molecule has 1 aliphatic rings. The first-order valence-corrected chi connectivity index (χ1v) is 8.79. The van der Waals surface area contributed by atoms with Crippen LogP contribution < -0.4 is 4.90 Å². The minimum atomic E-state index is -0.0739. The zero-order valence-electron chi connectivity index (χ0n) is 15.2. The Morgan fingerprint density at radius 2 is 1.77 bits per heavy atom. The number of amides is 1. The predicted molar refractivity (Wildman–Crippen MR) is 100 cm³/mol. The second-order valence-corrected chi connectivity index (χ2v) is 7.02. The fraction of sp³-hybridized carbons (Fsp3) is 0.286. The van der Waals surface area contributed by atoms with E-state index in [2.05, 4.69) is 28.3 Å². The maximum Gasteiger partial charge on any atom is 0.232 e. The highest BCUT2D eigenvalue weighted by atomic mass is 16.5. The zero-order chi connectivity index (χ0) is 18.3. The molecule has 1 aromatic heterocycles. The third kappa shape index (κ3) is 3.01. The van der Waals surface area contributed by atoms with E-state index in [4.69, 9.17) is 4.52 Å². The van der Waals surface area contributed by atoms with Crippen LogP contribution in [-0.2, 0) is 4.79 Å². The van der Waals surface area contributed by atoms with Crippen molar-refractivity contribution in [2.24, 2.45) is 0 Å². The van der Waals surface area contributed by atoms with E-state index in [0.29, 0.717) is 24.7 Å². The molecule has 1 saturated heterocycles. The van der Waals surface area contributed by atoms with Crippen molar-refractivity contribution in [1.82, 2.24) is 10.1 Å². The Balaban J connectivity index is 1.58. The van der Waals surface area contributed by atoms with Crippen LogP contribution in [-0.4, -0.2) is 22.6 Å². The van der Waals surface area contributed by atoms with Crippen molar-refractivity contribution in [2.45, 2.75) is 33.1 Å². The van der Waals surface area contributed by atoms with Crippen molar-refractivity contribution < 1.29 is 9.32 Å². The summed E-state index contributed by atoms with van der Waals surface area (Å²) in [5.74, 6) is 1.13. The van der Waals surface area contributed by atoms with E-state index in [9.17, 15) is 4.79 Å². The molecule has 1 fully saturated rings. The van der Waals surface area contributed by atoms with Gasteiger partial charge in [-0.25, -0.2) is 0 Å². The van der Waals surface area contributed by atoms with Crippen LogP contribution in [0.3, 0.4) is 0 Å². The first-order valence-electron chi connectivity index (χ1n) is 8.79. The largest absolute Gasteiger partial charge is 0.339 e. The topological polar surface area (TPSA) is 59.2 Å². The minimum Gasteiger partial charge on any atom is -0.339 e. The van der Waals surface area contributed by atoms with Crippen molar-refractivity contribution in [3.05, 3.63) is 65.0 Å². The fourth-order valence-corrected chi connectivity index (χ4v) is 3.33. The van der Waals surface area contributed by atoms with Crippen molar-refractivity contribution in [2.75, 3.05) is 11.4 Å². The molecule has 5 nitrogen and oxygen atoms in total. The Morgan fingerprint density at radius 3 is 2.54 bits per heavy atom. The highest BCUT2D eigenvalue weighted by Gasteiger charge is 2.35. The average Bonchev–Trinajstić information content (AvgIpc) is 3.25. The molecule has 1 aliphatic heterocycles. The van der Waals surface area contributed by atoms with Crippen molar-refractivity contribution in [1.29, 1.82) is 0 Å². The molecular weight excluding hydrogens is 326 g/mol. The summed E-state index contributed by atoms with van der Waals surface area (Å²) in [6.45, 7) is 6.67. The van der Waals surface area contributed by atoms with Crippen LogP contribution in [0.25, 0.3) is 11.4 Å². The first-order chi connectivity index (χ1) is 12.5. The third-order valence-corrected chi connectivity index (χ3v) is 4.90. The molecule has 0 bridgehead atoms. The van der Waals surface area contributed by atoms with Crippen molar-refractivity contribution >= 4 is 11.6 Å². The van der Waals surface area contributed by atoms with Gasteiger partial charge in [0, 0.05) is 24.2 Å². The molecule has 0 spiro atoms. The quantitative estimate of drug-likeness (QED) is 0.713. The Bertz CT molecular complexity index is 960. The lowest BCUT2D eigenvalue weighted by atomic mass is 10.1. The van der Waals surface area contributed by atoms with E-state index in [1.807, 2.05) is 45.0 Å². The van der Waals surface area contributed by atoms with E-state index in [1.165, 1.54) is 5.56 Å². The van der Waals surface area contributed by atoms with Gasteiger partial charge >= 0.3 is 0 Å². The van der Waals surface area contributed by atoms with Crippen LogP contribution >= 0.6 is 0 Å². The van der Waals surface area contributed by atoms with Gasteiger partial charge in [0.1, 0.15) is 0 Å². The van der Waals surface area contributed by atoms with Gasteiger partial charge in [-0.2, -0.15) is 4.98 Å². The van der Waals surface area contributed by atoms with E-state index in [0.717, 1.165) is 22.4 Å². The molecule has 1 unspecified atom stereocenters. The highest BCUT2D eigenvalue weighted by Crippen LogP contribution is 2.32. The highest BCUT2D eigenvalue weighted by molar-refractivity contribution is 5.96. The molecule has 2 aromatic carbocycles. The summed E-state index contributed by atoms with van der Waals surface area (Å²) < 4.78 is 5.51. The zero-order valence-corrected chi connectivity index (χ0v) is 15.2. The number of rotatable bonds is 3. The second kappa shape index (κ2) is 6.41. The van der Waals surface area contributed by atoms with E-state index in [1.54, 1.807) is 4.90 Å². The fourth-order valence-electron chi connectivity index (χ4n) is 3.33. The summed E-state index contributed by atoms with van der Waals surface area (Å²) >= 11 is 0. The van der Waals surface area contributed by atoms with Crippen LogP contribution in [0.5, 0.6) is 0 Å². The van der Waals surface area contributed by atoms with Crippen LogP contribution in [0, 0.1) is 20.8 Å². The van der Waals surface area contributed by atoms with Crippen LogP contribution in [0.1, 0.15) is 34.9 Å². The summed E-state index contributed by atoms with van der Waals surface area (Å²) in [4.78, 5) is 18.8. The molecular formula is C21H21N3O2. The Morgan fingerprint density at radius 1 is 1.04 bits per heavy atom.